The number of aromatic nitrogens is 2. The molecule has 0 aliphatic heterocycles. The fraction of sp³-hybridized carbons (Fsp3) is 0.200. The van der Waals surface area contributed by atoms with Gasteiger partial charge in [-0.05, 0) is 31.5 Å². The summed E-state index contributed by atoms with van der Waals surface area (Å²) in [6.07, 6.45) is 4.76. The molecule has 0 saturated carbocycles. The van der Waals surface area contributed by atoms with Crippen molar-refractivity contribution in [1.29, 1.82) is 5.53 Å². The van der Waals surface area contributed by atoms with E-state index in [2.05, 4.69) is 20.4 Å². The normalized spacial score (nSPS) is 11.1. The molecule has 1 aromatic heterocycles. The molecule has 6 nitrogen and oxygen atoms in total. The molecule has 2 rings (SSSR count). The zero-order chi connectivity index (χ0) is 15.9. The molecular formula is C15H16FN5O. The predicted octanol–water partition coefficient (Wildman–Crippen LogP) is 3.60. The monoisotopic (exact) mass is 301 g/mol. The Hall–Kier alpha value is -2.83. The Morgan fingerprint density at radius 1 is 1.36 bits per heavy atom. The van der Waals surface area contributed by atoms with Crippen LogP contribution in [0.4, 0.5) is 10.1 Å². The molecule has 0 saturated heterocycles. The number of rotatable bonds is 6. The molecule has 0 fully saturated rings. The van der Waals surface area contributed by atoms with Crippen LogP contribution in [0.1, 0.15) is 11.1 Å². The van der Waals surface area contributed by atoms with Gasteiger partial charge in [-0.3, -0.25) is 0 Å². The van der Waals surface area contributed by atoms with Crippen molar-refractivity contribution in [3.8, 4) is 6.01 Å². The van der Waals surface area contributed by atoms with Gasteiger partial charge in [-0.15, -0.1) is 0 Å². The fourth-order valence-corrected chi connectivity index (χ4v) is 1.62. The lowest BCUT2D eigenvalue weighted by molar-refractivity contribution is 0.320. The SMILES string of the molecule is Cc1cnc(OC/C(=C/Nc2cccc(F)c2C)N=N)nc1. The minimum atomic E-state index is -0.299. The summed E-state index contributed by atoms with van der Waals surface area (Å²) in [5, 5.41) is 6.28. The van der Waals surface area contributed by atoms with E-state index >= 15 is 0 Å². The molecule has 0 bridgehead atoms. The van der Waals surface area contributed by atoms with Crippen molar-refractivity contribution < 1.29 is 9.13 Å². The molecule has 114 valence electrons. The van der Waals surface area contributed by atoms with E-state index in [1.807, 2.05) is 6.92 Å². The first-order chi connectivity index (χ1) is 10.6. The number of ether oxygens (including phenoxy) is 1. The third-order valence-electron chi connectivity index (χ3n) is 2.91. The van der Waals surface area contributed by atoms with E-state index in [0.29, 0.717) is 16.9 Å². The number of aryl methyl sites for hydroxylation is 1. The number of hydrogen-bond acceptors (Lipinski definition) is 6. The Balaban J connectivity index is 2.00. The van der Waals surface area contributed by atoms with Crippen LogP contribution < -0.4 is 10.1 Å². The van der Waals surface area contributed by atoms with Crippen LogP contribution in [-0.4, -0.2) is 16.6 Å². The highest BCUT2D eigenvalue weighted by Crippen LogP contribution is 2.17. The molecule has 2 N–H and O–H groups in total. The summed E-state index contributed by atoms with van der Waals surface area (Å²) in [6, 6.07) is 4.94. The second-order valence-corrected chi connectivity index (χ2v) is 4.64. The Morgan fingerprint density at radius 2 is 2.09 bits per heavy atom. The van der Waals surface area contributed by atoms with Gasteiger partial charge in [0, 0.05) is 29.8 Å². The quantitative estimate of drug-likeness (QED) is 0.799. The zero-order valence-corrected chi connectivity index (χ0v) is 12.3. The first-order valence-corrected chi connectivity index (χ1v) is 6.59. The van der Waals surface area contributed by atoms with E-state index in [9.17, 15) is 4.39 Å². The Morgan fingerprint density at radius 3 is 2.77 bits per heavy atom. The Labute approximate surface area is 127 Å². The lowest BCUT2D eigenvalue weighted by atomic mass is 10.2. The smallest absolute Gasteiger partial charge is 0.316 e. The molecule has 2 aromatic rings. The van der Waals surface area contributed by atoms with Crippen LogP contribution in [0.25, 0.3) is 0 Å². The Kier molecular flexibility index (Phi) is 5.13. The van der Waals surface area contributed by atoms with Crippen LogP contribution in [0.5, 0.6) is 6.01 Å². The average Bonchev–Trinajstić information content (AvgIpc) is 2.53. The van der Waals surface area contributed by atoms with Crippen LogP contribution in [0, 0.1) is 25.2 Å². The van der Waals surface area contributed by atoms with Crippen LogP contribution in [0.15, 0.2) is 47.6 Å². The molecule has 0 unspecified atom stereocenters. The standard InChI is InChI=1S/C15H16FN5O/c1-10-6-19-15(20-7-10)22-9-12(21-17)8-18-14-5-3-4-13(16)11(14)2/h3-8,17-18H,9H2,1-2H3/b12-8-,21-17?. The largest absolute Gasteiger partial charge is 0.457 e. The van der Waals surface area contributed by atoms with Gasteiger partial charge in [-0.2, -0.15) is 5.11 Å². The summed E-state index contributed by atoms with van der Waals surface area (Å²) in [6.45, 7) is 3.58. The lowest BCUT2D eigenvalue weighted by Gasteiger charge is -2.08. The van der Waals surface area contributed by atoms with Crippen molar-refractivity contribution in [2.24, 2.45) is 5.11 Å². The number of anilines is 1. The van der Waals surface area contributed by atoms with E-state index in [4.69, 9.17) is 10.3 Å². The van der Waals surface area contributed by atoms with Gasteiger partial charge in [0.15, 0.2) is 0 Å². The second kappa shape index (κ2) is 7.26. The maximum absolute atomic E-state index is 13.4. The summed E-state index contributed by atoms with van der Waals surface area (Å²) >= 11 is 0. The molecule has 0 radical (unpaired) electrons. The minimum absolute atomic E-state index is 0.0356. The molecule has 0 aliphatic carbocycles. The van der Waals surface area contributed by atoms with Crippen molar-refractivity contribution in [3.05, 3.63) is 59.4 Å². The zero-order valence-electron chi connectivity index (χ0n) is 12.3. The molecule has 0 spiro atoms. The third kappa shape index (κ3) is 4.08. The van der Waals surface area contributed by atoms with Gasteiger partial charge in [0.05, 0.1) is 0 Å². The third-order valence-corrected chi connectivity index (χ3v) is 2.91. The molecule has 7 heteroatoms. The summed E-state index contributed by atoms with van der Waals surface area (Å²) < 4.78 is 18.8. The summed E-state index contributed by atoms with van der Waals surface area (Å²) in [7, 11) is 0. The molecule has 0 atom stereocenters. The molecule has 0 amide bonds. The van der Waals surface area contributed by atoms with Gasteiger partial charge in [0.2, 0.25) is 0 Å². The summed E-state index contributed by atoms with van der Waals surface area (Å²) in [5.41, 5.74) is 9.49. The highest BCUT2D eigenvalue weighted by Gasteiger charge is 2.04. The van der Waals surface area contributed by atoms with E-state index < -0.39 is 0 Å². The predicted molar refractivity (Wildman–Crippen MR) is 80.3 cm³/mol. The van der Waals surface area contributed by atoms with Crippen molar-refractivity contribution in [2.75, 3.05) is 11.9 Å². The topological polar surface area (TPSA) is 83.2 Å². The van der Waals surface area contributed by atoms with Crippen molar-refractivity contribution in [1.82, 2.24) is 9.97 Å². The number of halogens is 1. The van der Waals surface area contributed by atoms with Gasteiger partial charge < -0.3 is 10.1 Å². The van der Waals surface area contributed by atoms with E-state index in [1.165, 1.54) is 12.3 Å². The number of benzene rings is 1. The molecule has 0 aliphatic rings. The average molecular weight is 301 g/mol. The van der Waals surface area contributed by atoms with Crippen molar-refractivity contribution >= 4 is 5.69 Å². The minimum Gasteiger partial charge on any atom is -0.457 e. The van der Waals surface area contributed by atoms with Gasteiger partial charge in [0.25, 0.3) is 0 Å². The van der Waals surface area contributed by atoms with E-state index in [1.54, 1.807) is 31.5 Å². The Bertz CT molecular complexity index is 685. The highest BCUT2D eigenvalue weighted by molar-refractivity contribution is 5.53. The fourth-order valence-electron chi connectivity index (χ4n) is 1.62. The first kappa shape index (κ1) is 15.6. The maximum Gasteiger partial charge on any atom is 0.316 e. The van der Waals surface area contributed by atoms with E-state index in [0.717, 1.165) is 5.56 Å². The number of nitrogens with one attached hydrogen (secondary N) is 2. The molecule has 1 aromatic carbocycles. The maximum atomic E-state index is 13.4. The summed E-state index contributed by atoms with van der Waals surface area (Å²) in [5.74, 6) is -0.299. The molecule has 22 heavy (non-hydrogen) atoms. The van der Waals surface area contributed by atoms with Gasteiger partial charge in [0.1, 0.15) is 18.1 Å². The van der Waals surface area contributed by atoms with Crippen molar-refractivity contribution in [2.45, 2.75) is 13.8 Å². The van der Waals surface area contributed by atoms with Gasteiger partial charge in [-0.25, -0.2) is 19.9 Å². The number of hydrogen-bond donors (Lipinski definition) is 2. The second-order valence-electron chi connectivity index (χ2n) is 4.64. The molecule has 1 heterocycles. The van der Waals surface area contributed by atoms with Crippen LogP contribution in [-0.2, 0) is 0 Å². The van der Waals surface area contributed by atoms with Crippen LogP contribution >= 0.6 is 0 Å². The van der Waals surface area contributed by atoms with Gasteiger partial charge >= 0.3 is 6.01 Å². The highest BCUT2D eigenvalue weighted by atomic mass is 19.1. The molecular weight excluding hydrogens is 285 g/mol. The first-order valence-electron chi connectivity index (χ1n) is 6.59. The lowest BCUT2D eigenvalue weighted by Crippen LogP contribution is -2.05. The number of nitrogens with zero attached hydrogens (tertiary/aromatic N) is 3. The van der Waals surface area contributed by atoms with Gasteiger partial charge in [-0.1, -0.05) is 6.07 Å². The summed E-state index contributed by atoms with van der Waals surface area (Å²) in [4.78, 5) is 7.99. The van der Waals surface area contributed by atoms with E-state index in [-0.39, 0.29) is 18.4 Å². The van der Waals surface area contributed by atoms with Crippen LogP contribution in [0.3, 0.4) is 0 Å². The van der Waals surface area contributed by atoms with Crippen molar-refractivity contribution in [3.63, 3.8) is 0 Å². The van der Waals surface area contributed by atoms with Crippen LogP contribution in [0.2, 0.25) is 0 Å².